The third-order valence-electron chi connectivity index (χ3n) is 3.20. The Balaban J connectivity index is 2.06. The highest BCUT2D eigenvalue weighted by atomic mass is 14.8. The van der Waals surface area contributed by atoms with Gasteiger partial charge in [0.1, 0.15) is 0 Å². The molecule has 4 N–H and O–H groups in total. The van der Waals surface area contributed by atoms with Gasteiger partial charge in [-0.25, -0.2) is 0 Å². The van der Waals surface area contributed by atoms with Crippen molar-refractivity contribution in [2.45, 2.75) is 37.8 Å². The van der Waals surface area contributed by atoms with Gasteiger partial charge in [0.05, 0.1) is 0 Å². The van der Waals surface area contributed by atoms with Crippen molar-refractivity contribution in [3.8, 4) is 0 Å². The number of hydrogen-bond acceptors (Lipinski definition) is 2. The second-order valence-electron chi connectivity index (χ2n) is 4.42. The van der Waals surface area contributed by atoms with Crippen LogP contribution in [-0.4, -0.2) is 12.1 Å². The Hall–Kier alpha value is -1.12. The lowest BCUT2D eigenvalue weighted by Gasteiger charge is -2.24. The number of hydrogen-bond donors (Lipinski definition) is 2. The van der Waals surface area contributed by atoms with Crippen molar-refractivity contribution in [1.82, 2.24) is 0 Å². The lowest BCUT2D eigenvalue weighted by atomic mass is 9.89. The fourth-order valence-electron chi connectivity index (χ4n) is 2.18. The summed E-state index contributed by atoms with van der Waals surface area (Å²) in [7, 11) is 0. The van der Waals surface area contributed by atoms with Gasteiger partial charge in [0.15, 0.2) is 0 Å². The molecule has 86 valence electrons. The summed E-state index contributed by atoms with van der Waals surface area (Å²) in [6, 6.07) is -0.156. The first kappa shape index (κ1) is 11.4. The van der Waals surface area contributed by atoms with Crippen LogP contribution in [0, 0.1) is 0 Å². The van der Waals surface area contributed by atoms with Gasteiger partial charge in [-0.2, -0.15) is 0 Å². The monoisotopic (exact) mass is 216 g/mol. The summed E-state index contributed by atoms with van der Waals surface area (Å²) in [5.41, 5.74) is 14.8. The largest absolute Gasteiger partial charge is 0.322 e. The molecular weight excluding hydrogens is 196 g/mol. The zero-order chi connectivity index (χ0) is 11.4. The molecule has 0 aromatic heterocycles. The fraction of sp³-hybridized carbons (Fsp3) is 0.429. The third-order valence-corrected chi connectivity index (χ3v) is 3.20. The van der Waals surface area contributed by atoms with E-state index in [1.165, 1.54) is 11.1 Å². The molecule has 0 fully saturated rings. The maximum atomic E-state index is 6.20. The van der Waals surface area contributed by atoms with Crippen molar-refractivity contribution >= 4 is 0 Å². The standard InChI is InChI=1S/C14H20N2/c15-13(11-7-3-1-4-8-11)14(16)12-9-5-2-6-10-12/h3,5,7-10,13-14H,1-2,4,6,15-16H2/t13-,14-/m1/s1. The van der Waals surface area contributed by atoms with Crippen LogP contribution in [0.4, 0.5) is 0 Å². The van der Waals surface area contributed by atoms with Crippen LogP contribution in [0.2, 0.25) is 0 Å². The first-order valence-electron chi connectivity index (χ1n) is 6.03. The Morgan fingerprint density at radius 2 is 1.19 bits per heavy atom. The van der Waals surface area contributed by atoms with E-state index >= 15 is 0 Å². The molecule has 0 saturated carbocycles. The minimum absolute atomic E-state index is 0.0782. The molecule has 0 amide bonds. The van der Waals surface area contributed by atoms with Crippen LogP contribution < -0.4 is 11.5 Å². The summed E-state index contributed by atoms with van der Waals surface area (Å²) in [5, 5.41) is 0. The molecule has 0 unspecified atom stereocenters. The van der Waals surface area contributed by atoms with E-state index in [0.29, 0.717) is 0 Å². The van der Waals surface area contributed by atoms with Crippen LogP contribution in [0.15, 0.2) is 47.6 Å². The average Bonchev–Trinajstić information content (AvgIpc) is 2.39. The normalized spacial score (nSPS) is 23.6. The van der Waals surface area contributed by atoms with Gasteiger partial charge in [-0.05, 0) is 36.8 Å². The third kappa shape index (κ3) is 2.52. The van der Waals surface area contributed by atoms with Gasteiger partial charge in [0, 0.05) is 12.1 Å². The summed E-state index contributed by atoms with van der Waals surface area (Å²) in [6.07, 6.45) is 17.4. The average molecular weight is 216 g/mol. The van der Waals surface area contributed by atoms with Crippen molar-refractivity contribution in [1.29, 1.82) is 0 Å². The Kier molecular flexibility index (Phi) is 3.75. The van der Waals surface area contributed by atoms with E-state index < -0.39 is 0 Å². The van der Waals surface area contributed by atoms with E-state index in [-0.39, 0.29) is 12.1 Å². The van der Waals surface area contributed by atoms with Gasteiger partial charge < -0.3 is 11.5 Å². The molecule has 0 aliphatic heterocycles. The van der Waals surface area contributed by atoms with Crippen LogP contribution in [0.1, 0.15) is 25.7 Å². The maximum Gasteiger partial charge on any atom is 0.0487 e. The Morgan fingerprint density at radius 1 is 0.750 bits per heavy atom. The highest BCUT2D eigenvalue weighted by Gasteiger charge is 2.19. The molecule has 2 atom stereocenters. The number of nitrogens with two attached hydrogens (primary N) is 2. The van der Waals surface area contributed by atoms with Crippen molar-refractivity contribution in [2.24, 2.45) is 11.5 Å². The molecular formula is C14H20N2. The van der Waals surface area contributed by atoms with Crippen molar-refractivity contribution in [3.63, 3.8) is 0 Å². The topological polar surface area (TPSA) is 52.0 Å². The Morgan fingerprint density at radius 3 is 1.50 bits per heavy atom. The molecule has 2 nitrogen and oxygen atoms in total. The molecule has 2 rings (SSSR count). The minimum Gasteiger partial charge on any atom is -0.322 e. The lowest BCUT2D eigenvalue weighted by molar-refractivity contribution is 0.654. The first-order valence-corrected chi connectivity index (χ1v) is 6.03. The Bertz CT molecular complexity index is 325. The smallest absolute Gasteiger partial charge is 0.0487 e. The predicted molar refractivity (Wildman–Crippen MR) is 68.9 cm³/mol. The number of rotatable bonds is 3. The van der Waals surface area contributed by atoms with E-state index in [4.69, 9.17) is 11.5 Å². The van der Waals surface area contributed by atoms with Gasteiger partial charge in [0.25, 0.3) is 0 Å². The molecule has 0 aromatic carbocycles. The molecule has 0 heterocycles. The predicted octanol–water partition coefficient (Wildman–Crippen LogP) is 2.19. The van der Waals surface area contributed by atoms with Crippen LogP contribution >= 0.6 is 0 Å². The second kappa shape index (κ2) is 5.28. The molecule has 0 bridgehead atoms. The maximum absolute atomic E-state index is 6.20. The molecule has 0 spiro atoms. The summed E-state index contributed by atoms with van der Waals surface area (Å²) in [5.74, 6) is 0. The molecule has 0 radical (unpaired) electrons. The van der Waals surface area contributed by atoms with Crippen LogP contribution in [-0.2, 0) is 0 Å². The van der Waals surface area contributed by atoms with Gasteiger partial charge in [-0.1, -0.05) is 36.5 Å². The van der Waals surface area contributed by atoms with Gasteiger partial charge in [-0.15, -0.1) is 0 Å². The van der Waals surface area contributed by atoms with Crippen molar-refractivity contribution < 1.29 is 0 Å². The fourth-order valence-corrected chi connectivity index (χ4v) is 2.18. The highest BCUT2D eigenvalue weighted by molar-refractivity contribution is 5.36. The highest BCUT2D eigenvalue weighted by Crippen LogP contribution is 2.19. The Labute approximate surface area is 97.4 Å². The molecule has 2 aliphatic rings. The summed E-state index contributed by atoms with van der Waals surface area (Å²) in [4.78, 5) is 0. The molecule has 2 heteroatoms. The SMILES string of the molecule is N[C@H](C1=CCCC=C1)[C@H](N)C1=CCCC=C1. The van der Waals surface area contributed by atoms with Gasteiger partial charge in [0.2, 0.25) is 0 Å². The second-order valence-corrected chi connectivity index (χ2v) is 4.42. The van der Waals surface area contributed by atoms with Crippen LogP contribution in [0.5, 0.6) is 0 Å². The zero-order valence-electron chi connectivity index (χ0n) is 9.60. The van der Waals surface area contributed by atoms with E-state index in [1.807, 2.05) is 0 Å². The first-order chi connectivity index (χ1) is 7.79. The summed E-state index contributed by atoms with van der Waals surface area (Å²) >= 11 is 0. The molecule has 0 aromatic rings. The van der Waals surface area contributed by atoms with E-state index in [2.05, 4.69) is 36.5 Å². The van der Waals surface area contributed by atoms with Crippen LogP contribution in [0.3, 0.4) is 0 Å². The van der Waals surface area contributed by atoms with Crippen molar-refractivity contribution in [2.75, 3.05) is 0 Å². The van der Waals surface area contributed by atoms with Gasteiger partial charge >= 0.3 is 0 Å². The minimum atomic E-state index is -0.0782. The van der Waals surface area contributed by atoms with Gasteiger partial charge in [-0.3, -0.25) is 0 Å². The molecule has 16 heavy (non-hydrogen) atoms. The quantitative estimate of drug-likeness (QED) is 0.760. The van der Waals surface area contributed by atoms with E-state index in [9.17, 15) is 0 Å². The van der Waals surface area contributed by atoms with Crippen LogP contribution in [0.25, 0.3) is 0 Å². The van der Waals surface area contributed by atoms with E-state index in [1.54, 1.807) is 0 Å². The molecule has 0 saturated heterocycles. The van der Waals surface area contributed by atoms with E-state index in [0.717, 1.165) is 25.7 Å². The number of allylic oxidation sites excluding steroid dienone is 4. The van der Waals surface area contributed by atoms with Crippen molar-refractivity contribution in [3.05, 3.63) is 47.6 Å². The molecule has 2 aliphatic carbocycles. The summed E-state index contributed by atoms with van der Waals surface area (Å²) in [6.45, 7) is 0. The summed E-state index contributed by atoms with van der Waals surface area (Å²) < 4.78 is 0. The zero-order valence-corrected chi connectivity index (χ0v) is 9.60. The lowest BCUT2D eigenvalue weighted by Crippen LogP contribution is -2.43.